The van der Waals surface area contributed by atoms with Crippen LogP contribution in [-0.2, 0) is 0 Å². The summed E-state index contributed by atoms with van der Waals surface area (Å²) >= 11 is 0. The third-order valence-corrected chi connectivity index (χ3v) is 1.74. The van der Waals surface area contributed by atoms with Crippen molar-refractivity contribution in [3.8, 4) is 0 Å². The molecule has 0 spiro atoms. The maximum Gasteiger partial charge on any atom is 0.150 e. The van der Waals surface area contributed by atoms with Gasteiger partial charge < -0.3 is 5.32 Å². The monoisotopic (exact) mass is 161 g/mol. The minimum absolute atomic E-state index is 0.664. The second-order valence-corrected chi connectivity index (χ2v) is 2.38. The Morgan fingerprint density at radius 3 is 2.75 bits per heavy atom. The standard InChI is InChI=1S/C10H11NO/c1-3-9-8(7-12)5-4-6-10(9)11-2/h3-7,11H,1H2,2H3. The lowest BCUT2D eigenvalue weighted by atomic mass is 10.1. The van der Waals surface area contributed by atoms with Crippen molar-refractivity contribution in [3.63, 3.8) is 0 Å². The van der Waals surface area contributed by atoms with Crippen LogP contribution in [0, 0.1) is 0 Å². The Morgan fingerprint density at radius 2 is 2.25 bits per heavy atom. The Balaban J connectivity index is 3.31. The molecule has 0 saturated heterocycles. The van der Waals surface area contributed by atoms with Crippen molar-refractivity contribution in [1.29, 1.82) is 0 Å². The topological polar surface area (TPSA) is 29.1 Å². The van der Waals surface area contributed by atoms with E-state index in [1.165, 1.54) is 0 Å². The normalized spacial score (nSPS) is 9.08. The van der Waals surface area contributed by atoms with Gasteiger partial charge >= 0.3 is 0 Å². The minimum atomic E-state index is 0.664. The first-order valence-corrected chi connectivity index (χ1v) is 3.72. The van der Waals surface area contributed by atoms with Gasteiger partial charge in [0, 0.05) is 23.9 Å². The van der Waals surface area contributed by atoms with Crippen LogP contribution in [-0.4, -0.2) is 13.3 Å². The Labute approximate surface area is 71.9 Å². The predicted molar refractivity (Wildman–Crippen MR) is 51.5 cm³/mol. The van der Waals surface area contributed by atoms with Crippen molar-refractivity contribution in [1.82, 2.24) is 0 Å². The highest BCUT2D eigenvalue weighted by molar-refractivity contribution is 5.86. The SMILES string of the molecule is C=Cc1c(C=O)cccc1NC. The fourth-order valence-corrected chi connectivity index (χ4v) is 1.13. The first kappa shape index (κ1) is 8.53. The molecule has 12 heavy (non-hydrogen) atoms. The van der Waals surface area contributed by atoms with E-state index in [2.05, 4.69) is 11.9 Å². The molecule has 1 N–H and O–H groups in total. The number of anilines is 1. The van der Waals surface area contributed by atoms with Crippen LogP contribution in [0.3, 0.4) is 0 Å². The van der Waals surface area contributed by atoms with Gasteiger partial charge in [-0.25, -0.2) is 0 Å². The summed E-state index contributed by atoms with van der Waals surface area (Å²) in [5.74, 6) is 0. The molecular formula is C10H11NO. The summed E-state index contributed by atoms with van der Waals surface area (Å²) in [5, 5.41) is 2.99. The van der Waals surface area contributed by atoms with Crippen LogP contribution >= 0.6 is 0 Å². The van der Waals surface area contributed by atoms with E-state index in [0.29, 0.717) is 5.56 Å². The summed E-state index contributed by atoms with van der Waals surface area (Å²) in [7, 11) is 1.82. The van der Waals surface area contributed by atoms with Crippen LogP contribution in [0.5, 0.6) is 0 Å². The average Bonchev–Trinajstić information content (AvgIpc) is 2.16. The Bertz CT molecular complexity index is 305. The fraction of sp³-hybridized carbons (Fsp3) is 0.100. The van der Waals surface area contributed by atoms with E-state index in [9.17, 15) is 4.79 Å². The fourth-order valence-electron chi connectivity index (χ4n) is 1.13. The second-order valence-electron chi connectivity index (χ2n) is 2.38. The number of hydrogen-bond donors (Lipinski definition) is 1. The van der Waals surface area contributed by atoms with Crippen molar-refractivity contribution in [2.24, 2.45) is 0 Å². The number of rotatable bonds is 3. The Morgan fingerprint density at radius 1 is 1.50 bits per heavy atom. The van der Waals surface area contributed by atoms with Crippen LogP contribution in [0.15, 0.2) is 24.8 Å². The molecule has 0 aliphatic heterocycles. The molecule has 0 saturated carbocycles. The molecule has 0 amide bonds. The summed E-state index contributed by atoms with van der Waals surface area (Å²) in [6, 6.07) is 5.51. The van der Waals surface area contributed by atoms with E-state index in [-0.39, 0.29) is 0 Å². The van der Waals surface area contributed by atoms with Crippen molar-refractivity contribution in [3.05, 3.63) is 35.9 Å². The van der Waals surface area contributed by atoms with Gasteiger partial charge in [0.05, 0.1) is 0 Å². The van der Waals surface area contributed by atoms with Gasteiger partial charge in [0.25, 0.3) is 0 Å². The minimum Gasteiger partial charge on any atom is -0.388 e. The van der Waals surface area contributed by atoms with E-state index in [0.717, 1.165) is 17.5 Å². The molecule has 0 fully saturated rings. The lowest BCUT2D eigenvalue weighted by Crippen LogP contribution is -1.94. The lowest BCUT2D eigenvalue weighted by molar-refractivity contribution is 0.112. The van der Waals surface area contributed by atoms with Crippen molar-refractivity contribution < 1.29 is 4.79 Å². The predicted octanol–water partition coefficient (Wildman–Crippen LogP) is 2.18. The molecule has 2 heteroatoms. The van der Waals surface area contributed by atoms with Crippen LogP contribution in [0.2, 0.25) is 0 Å². The van der Waals surface area contributed by atoms with Crippen molar-refractivity contribution >= 4 is 18.0 Å². The maximum absolute atomic E-state index is 10.6. The highest BCUT2D eigenvalue weighted by Crippen LogP contribution is 2.19. The van der Waals surface area contributed by atoms with Gasteiger partial charge in [-0.1, -0.05) is 24.8 Å². The van der Waals surface area contributed by atoms with Gasteiger partial charge in [0.15, 0.2) is 6.29 Å². The molecule has 62 valence electrons. The number of carbonyl (C=O) groups is 1. The summed E-state index contributed by atoms with van der Waals surface area (Å²) in [4.78, 5) is 10.6. The molecule has 2 nitrogen and oxygen atoms in total. The smallest absolute Gasteiger partial charge is 0.150 e. The molecule has 0 aliphatic rings. The van der Waals surface area contributed by atoms with Gasteiger partial charge in [-0.15, -0.1) is 0 Å². The van der Waals surface area contributed by atoms with E-state index in [4.69, 9.17) is 0 Å². The summed E-state index contributed by atoms with van der Waals surface area (Å²) < 4.78 is 0. The molecule has 0 bridgehead atoms. The van der Waals surface area contributed by atoms with Gasteiger partial charge in [-0.3, -0.25) is 4.79 Å². The first-order valence-electron chi connectivity index (χ1n) is 3.72. The van der Waals surface area contributed by atoms with Crippen LogP contribution in [0.4, 0.5) is 5.69 Å². The summed E-state index contributed by atoms with van der Waals surface area (Å²) in [6.45, 7) is 3.65. The zero-order chi connectivity index (χ0) is 8.97. The average molecular weight is 161 g/mol. The molecule has 1 aromatic carbocycles. The second kappa shape index (κ2) is 3.72. The number of carbonyl (C=O) groups excluding carboxylic acids is 1. The van der Waals surface area contributed by atoms with Crippen molar-refractivity contribution in [2.45, 2.75) is 0 Å². The summed E-state index contributed by atoms with van der Waals surface area (Å²) in [5.41, 5.74) is 2.45. The molecule has 0 aromatic heterocycles. The van der Waals surface area contributed by atoms with Gasteiger partial charge in [0.2, 0.25) is 0 Å². The Kier molecular flexibility index (Phi) is 2.64. The van der Waals surface area contributed by atoms with E-state index in [1.54, 1.807) is 12.1 Å². The number of nitrogens with one attached hydrogen (secondary N) is 1. The van der Waals surface area contributed by atoms with E-state index in [1.807, 2.05) is 19.2 Å². The third kappa shape index (κ3) is 1.37. The van der Waals surface area contributed by atoms with E-state index >= 15 is 0 Å². The maximum atomic E-state index is 10.6. The van der Waals surface area contributed by atoms with Gasteiger partial charge in [0.1, 0.15) is 0 Å². The molecule has 0 unspecified atom stereocenters. The number of hydrogen-bond acceptors (Lipinski definition) is 2. The molecule has 1 aromatic rings. The molecule has 0 atom stereocenters. The van der Waals surface area contributed by atoms with Gasteiger partial charge in [-0.05, 0) is 6.07 Å². The lowest BCUT2D eigenvalue weighted by Gasteiger charge is -2.06. The largest absolute Gasteiger partial charge is 0.388 e. The van der Waals surface area contributed by atoms with Crippen LogP contribution in [0.1, 0.15) is 15.9 Å². The Hall–Kier alpha value is -1.57. The highest BCUT2D eigenvalue weighted by Gasteiger charge is 2.01. The van der Waals surface area contributed by atoms with Gasteiger partial charge in [-0.2, -0.15) is 0 Å². The van der Waals surface area contributed by atoms with E-state index < -0.39 is 0 Å². The molecule has 1 rings (SSSR count). The highest BCUT2D eigenvalue weighted by atomic mass is 16.1. The summed E-state index contributed by atoms with van der Waals surface area (Å²) in [6.07, 6.45) is 2.51. The number of aldehydes is 1. The third-order valence-electron chi connectivity index (χ3n) is 1.74. The number of benzene rings is 1. The first-order chi connectivity index (χ1) is 5.83. The van der Waals surface area contributed by atoms with Crippen LogP contribution in [0.25, 0.3) is 6.08 Å². The van der Waals surface area contributed by atoms with Crippen molar-refractivity contribution in [2.75, 3.05) is 12.4 Å². The zero-order valence-corrected chi connectivity index (χ0v) is 7.00. The molecular weight excluding hydrogens is 150 g/mol. The molecule has 0 aliphatic carbocycles. The molecule has 0 radical (unpaired) electrons. The van der Waals surface area contributed by atoms with Crippen LogP contribution < -0.4 is 5.32 Å². The quantitative estimate of drug-likeness (QED) is 0.688. The zero-order valence-electron chi connectivity index (χ0n) is 7.00. The molecule has 0 heterocycles.